The second-order valence-electron chi connectivity index (χ2n) is 5.81. The van der Waals surface area contributed by atoms with Gasteiger partial charge in [0.1, 0.15) is 11.4 Å². The van der Waals surface area contributed by atoms with Gasteiger partial charge in [-0.25, -0.2) is 4.68 Å². The lowest BCUT2D eigenvalue weighted by atomic mass is 10.2. The molecule has 0 saturated heterocycles. The van der Waals surface area contributed by atoms with Crippen LogP contribution in [0.3, 0.4) is 0 Å². The van der Waals surface area contributed by atoms with Crippen LogP contribution in [0.25, 0.3) is 5.69 Å². The number of aryl methyl sites for hydroxylation is 1. The Balaban J connectivity index is 1.81. The van der Waals surface area contributed by atoms with Crippen molar-refractivity contribution in [3.63, 3.8) is 0 Å². The molecule has 1 heterocycles. The maximum absolute atomic E-state index is 13.1. The fraction of sp³-hybridized carbons (Fsp3) is 0.158. The Morgan fingerprint density at radius 3 is 2.44 bits per heavy atom. The van der Waals surface area contributed by atoms with E-state index in [1.54, 1.807) is 24.3 Å². The fourth-order valence-electron chi connectivity index (χ4n) is 2.55. The first-order valence-electron chi connectivity index (χ1n) is 7.97. The summed E-state index contributed by atoms with van der Waals surface area (Å²) in [4.78, 5) is 12.3. The number of methoxy groups -OCH3 is 1. The van der Waals surface area contributed by atoms with E-state index in [2.05, 4.69) is 10.4 Å². The van der Waals surface area contributed by atoms with Crippen molar-refractivity contribution in [2.24, 2.45) is 0 Å². The van der Waals surface area contributed by atoms with Gasteiger partial charge in [-0.15, -0.1) is 0 Å². The number of aromatic nitrogens is 2. The van der Waals surface area contributed by atoms with E-state index in [1.165, 1.54) is 38.3 Å². The number of alkyl halides is 3. The topological polar surface area (TPSA) is 56.1 Å². The summed E-state index contributed by atoms with van der Waals surface area (Å²) in [7, 11) is 1.50. The van der Waals surface area contributed by atoms with Crippen molar-refractivity contribution in [2.45, 2.75) is 13.1 Å². The molecular weight excluding hydrogens is 359 g/mol. The molecule has 3 aromatic rings. The molecule has 0 unspecified atom stereocenters. The van der Waals surface area contributed by atoms with Crippen LogP contribution in [0.15, 0.2) is 54.6 Å². The zero-order valence-corrected chi connectivity index (χ0v) is 14.5. The number of ether oxygens (including phenoxy) is 1. The van der Waals surface area contributed by atoms with E-state index in [-0.39, 0.29) is 17.3 Å². The van der Waals surface area contributed by atoms with E-state index >= 15 is 0 Å². The van der Waals surface area contributed by atoms with Gasteiger partial charge >= 0.3 is 6.18 Å². The molecule has 0 bridgehead atoms. The highest BCUT2D eigenvalue weighted by Gasteiger charge is 2.35. The molecule has 1 aromatic heterocycles. The molecule has 3 rings (SSSR count). The van der Waals surface area contributed by atoms with Gasteiger partial charge in [0.15, 0.2) is 0 Å². The third-order valence-electron chi connectivity index (χ3n) is 3.82. The van der Waals surface area contributed by atoms with Crippen LogP contribution in [0.4, 0.5) is 18.9 Å². The Kier molecular flexibility index (Phi) is 4.89. The molecule has 0 aliphatic heterocycles. The molecule has 140 valence electrons. The van der Waals surface area contributed by atoms with E-state index in [0.29, 0.717) is 17.0 Å². The summed E-state index contributed by atoms with van der Waals surface area (Å²) in [6.07, 6.45) is -4.51. The molecule has 0 spiro atoms. The Morgan fingerprint density at radius 1 is 1.11 bits per heavy atom. The van der Waals surface area contributed by atoms with Crippen LogP contribution >= 0.6 is 0 Å². The summed E-state index contributed by atoms with van der Waals surface area (Å²) in [6.45, 7) is 1.49. The average molecular weight is 375 g/mol. The Bertz CT molecular complexity index is 963. The third kappa shape index (κ3) is 4.11. The van der Waals surface area contributed by atoms with Crippen LogP contribution in [-0.4, -0.2) is 22.8 Å². The second-order valence-corrected chi connectivity index (χ2v) is 5.81. The van der Waals surface area contributed by atoms with Crippen molar-refractivity contribution in [2.75, 3.05) is 12.4 Å². The first-order chi connectivity index (χ1) is 12.8. The number of nitrogens with one attached hydrogen (secondary N) is 1. The highest BCUT2D eigenvalue weighted by Crippen LogP contribution is 2.31. The molecule has 0 saturated carbocycles. The highest BCUT2D eigenvalue weighted by molar-refractivity contribution is 6.04. The molecule has 2 aromatic carbocycles. The number of nitrogens with zero attached hydrogens (tertiary/aromatic N) is 2. The summed E-state index contributed by atoms with van der Waals surface area (Å²) in [5.74, 6) is 0.194. The van der Waals surface area contributed by atoms with Crippen LogP contribution in [0.2, 0.25) is 0 Å². The predicted octanol–water partition coefficient (Wildman–Crippen LogP) is 4.46. The summed E-state index contributed by atoms with van der Waals surface area (Å²) in [5, 5.41) is 6.59. The molecule has 5 nitrogen and oxygen atoms in total. The molecule has 1 amide bonds. The maximum Gasteiger partial charge on any atom is 0.433 e. The van der Waals surface area contributed by atoms with Crippen molar-refractivity contribution < 1.29 is 22.7 Å². The van der Waals surface area contributed by atoms with Gasteiger partial charge < -0.3 is 10.1 Å². The lowest BCUT2D eigenvalue weighted by molar-refractivity contribution is -0.142. The smallest absolute Gasteiger partial charge is 0.433 e. The molecule has 27 heavy (non-hydrogen) atoms. The lowest BCUT2D eigenvalue weighted by Crippen LogP contribution is -2.14. The molecule has 1 N–H and O–H groups in total. The molecule has 0 fully saturated rings. The van der Waals surface area contributed by atoms with Gasteiger partial charge in [-0.1, -0.05) is 6.07 Å². The van der Waals surface area contributed by atoms with Gasteiger partial charge in [0.05, 0.1) is 18.5 Å². The van der Waals surface area contributed by atoms with E-state index in [4.69, 9.17) is 4.74 Å². The summed E-state index contributed by atoms with van der Waals surface area (Å²) in [6, 6.07) is 13.6. The van der Waals surface area contributed by atoms with Gasteiger partial charge in [0.2, 0.25) is 0 Å². The van der Waals surface area contributed by atoms with Gasteiger partial charge in [-0.05, 0) is 55.5 Å². The predicted molar refractivity (Wildman–Crippen MR) is 94.3 cm³/mol. The van der Waals surface area contributed by atoms with Gasteiger partial charge in [-0.2, -0.15) is 18.3 Å². The minimum Gasteiger partial charge on any atom is -0.497 e. The van der Waals surface area contributed by atoms with Crippen LogP contribution in [0.1, 0.15) is 21.7 Å². The van der Waals surface area contributed by atoms with E-state index < -0.39 is 11.9 Å². The number of hydrogen-bond donors (Lipinski definition) is 1. The summed E-state index contributed by atoms with van der Waals surface area (Å²) >= 11 is 0. The number of carbonyl (C=O) groups excluding carboxylic acids is 1. The van der Waals surface area contributed by atoms with Gasteiger partial charge in [0.25, 0.3) is 5.91 Å². The van der Waals surface area contributed by atoms with Crippen LogP contribution in [-0.2, 0) is 6.18 Å². The lowest BCUT2D eigenvalue weighted by Gasteiger charge is -2.11. The van der Waals surface area contributed by atoms with E-state index in [9.17, 15) is 18.0 Å². The van der Waals surface area contributed by atoms with Crippen molar-refractivity contribution in [3.05, 3.63) is 71.5 Å². The zero-order valence-electron chi connectivity index (χ0n) is 14.5. The van der Waals surface area contributed by atoms with Crippen LogP contribution in [0, 0.1) is 6.92 Å². The molecule has 0 atom stereocenters. The van der Waals surface area contributed by atoms with E-state index in [1.807, 2.05) is 0 Å². The standard InChI is InChI=1S/C19H16F3N3O2/c1-12-10-17(19(20,21)22)25(24-12)15-8-6-14(7-9-15)23-18(26)13-4-3-5-16(11-13)27-2/h3-11H,1-2H3,(H,23,26). The number of benzene rings is 2. The highest BCUT2D eigenvalue weighted by atomic mass is 19.4. The maximum atomic E-state index is 13.1. The zero-order chi connectivity index (χ0) is 19.6. The normalized spacial score (nSPS) is 11.3. The second kappa shape index (κ2) is 7.14. The quantitative estimate of drug-likeness (QED) is 0.733. The number of halogens is 3. The van der Waals surface area contributed by atoms with Crippen LogP contribution in [0.5, 0.6) is 5.75 Å². The van der Waals surface area contributed by atoms with Crippen molar-refractivity contribution >= 4 is 11.6 Å². The average Bonchev–Trinajstić information content (AvgIpc) is 3.04. The number of rotatable bonds is 4. The van der Waals surface area contributed by atoms with E-state index in [0.717, 1.165) is 10.7 Å². The molecule has 0 aliphatic rings. The number of anilines is 1. The largest absolute Gasteiger partial charge is 0.497 e. The SMILES string of the molecule is COc1cccc(C(=O)Nc2ccc(-n3nc(C)cc3C(F)(F)F)cc2)c1. The number of hydrogen-bond acceptors (Lipinski definition) is 3. The molecule has 8 heteroatoms. The van der Waals surface area contributed by atoms with Crippen molar-refractivity contribution in [1.82, 2.24) is 9.78 Å². The van der Waals surface area contributed by atoms with Crippen LogP contribution < -0.4 is 10.1 Å². The Labute approximate surface area is 153 Å². The van der Waals surface area contributed by atoms with Crippen molar-refractivity contribution in [3.8, 4) is 11.4 Å². The molecule has 0 radical (unpaired) electrons. The minimum atomic E-state index is -4.51. The van der Waals surface area contributed by atoms with Crippen molar-refractivity contribution in [1.29, 1.82) is 0 Å². The van der Waals surface area contributed by atoms with Gasteiger partial charge in [-0.3, -0.25) is 4.79 Å². The number of carbonyl (C=O) groups is 1. The summed E-state index contributed by atoms with van der Waals surface area (Å²) < 4.78 is 45.3. The van der Waals surface area contributed by atoms with Gasteiger partial charge in [0, 0.05) is 11.3 Å². The minimum absolute atomic E-state index is 0.245. The fourth-order valence-corrected chi connectivity index (χ4v) is 2.55. The molecular formula is C19H16F3N3O2. The Hall–Kier alpha value is -3.29. The third-order valence-corrected chi connectivity index (χ3v) is 3.82. The number of amides is 1. The summed E-state index contributed by atoms with van der Waals surface area (Å²) in [5.41, 5.74) is 0.505. The monoisotopic (exact) mass is 375 g/mol. The molecule has 0 aliphatic carbocycles. The first kappa shape index (κ1) is 18.5. The Morgan fingerprint density at radius 2 is 1.81 bits per heavy atom. The first-order valence-corrected chi connectivity index (χ1v) is 7.97.